The van der Waals surface area contributed by atoms with Crippen LogP contribution in [0.15, 0.2) is 36.4 Å². The van der Waals surface area contributed by atoms with E-state index in [-0.39, 0.29) is 0 Å². The van der Waals surface area contributed by atoms with Gasteiger partial charge >= 0.3 is 0 Å². The molecule has 0 saturated heterocycles. The minimum atomic E-state index is 0.379. The molecule has 3 heteroatoms. The lowest BCUT2D eigenvalue weighted by atomic mass is 10.1. The number of aryl methyl sites for hydroxylation is 2. The first-order valence-corrected chi connectivity index (χ1v) is 6.64. The van der Waals surface area contributed by atoms with Gasteiger partial charge in [-0.1, -0.05) is 23.7 Å². The van der Waals surface area contributed by atoms with E-state index in [4.69, 9.17) is 21.6 Å². The maximum absolute atomic E-state index is 9.12. The number of rotatable bonds is 2. The number of nitriles is 1. The summed E-state index contributed by atoms with van der Waals surface area (Å²) in [5.74, 6) is 1.27. The fourth-order valence-electron chi connectivity index (χ4n) is 2.44. The van der Waals surface area contributed by atoms with Crippen LogP contribution in [-0.2, 0) is 12.8 Å². The van der Waals surface area contributed by atoms with Crippen molar-refractivity contribution in [2.24, 2.45) is 0 Å². The Morgan fingerprint density at radius 3 is 2.79 bits per heavy atom. The number of fused-ring (bicyclic) bond motifs is 1. The van der Waals surface area contributed by atoms with Gasteiger partial charge in [-0.3, -0.25) is 0 Å². The Bertz CT molecular complexity index is 673. The zero-order valence-corrected chi connectivity index (χ0v) is 11.1. The van der Waals surface area contributed by atoms with Crippen LogP contribution in [0.25, 0.3) is 0 Å². The van der Waals surface area contributed by atoms with Gasteiger partial charge in [-0.05, 0) is 54.7 Å². The Kier molecular flexibility index (Phi) is 3.15. The van der Waals surface area contributed by atoms with E-state index in [9.17, 15) is 0 Å². The Morgan fingerprint density at radius 2 is 1.95 bits per heavy atom. The van der Waals surface area contributed by atoms with Gasteiger partial charge in [0, 0.05) is 0 Å². The van der Waals surface area contributed by atoms with E-state index >= 15 is 0 Å². The second kappa shape index (κ2) is 4.95. The van der Waals surface area contributed by atoms with Crippen LogP contribution in [0.5, 0.6) is 11.5 Å². The summed E-state index contributed by atoms with van der Waals surface area (Å²) in [6.07, 6.45) is 3.46. The van der Waals surface area contributed by atoms with E-state index in [0.29, 0.717) is 16.3 Å². The molecule has 0 heterocycles. The summed E-state index contributed by atoms with van der Waals surface area (Å²) in [6.45, 7) is 0. The molecule has 0 aromatic heterocycles. The fraction of sp³-hybridized carbons (Fsp3) is 0.188. The van der Waals surface area contributed by atoms with E-state index in [1.165, 1.54) is 17.5 Å². The van der Waals surface area contributed by atoms with Crippen molar-refractivity contribution in [3.05, 3.63) is 58.1 Å². The molecule has 2 aromatic carbocycles. The molecule has 3 rings (SSSR count). The van der Waals surface area contributed by atoms with Crippen LogP contribution < -0.4 is 4.74 Å². The molecule has 0 atom stereocenters. The number of hydrogen-bond acceptors (Lipinski definition) is 2. The summed E-state index contributed by atoms with van der Waals surface area (Å²) in [7, 11) is 0. The largest absolute Gasteiger partial charge is 0.456 e. The Labute approximate surface area is 117 Å². The molecule has 0 spiro atoms. The van der Waals surface area contributed by atoms with Crippen LogP contribution in [0.2, 0.25) is 5.02 Å². The summed E-state index contributed by atoms with van der Waals surface area (Å²) in [5, 5.41) is 9.54. The van der Waals surface area contributed by atoms with Gasteiger partial charge in [-0.2, -0.15) is 5.26 Å². The van der Waals surface area contributed by atoms with Crippen molar-refractivity contribution in [1.29, 1.82) is 5.26 Å². The zero-order chi connectivity index (χ0) is 13.2. The van der Waals surface area contributed by atoms with Crippen LogP contribution in [0.4, 0.5) is 0 Å². The molecule has 0 saturated carbocycles. The van der Waals surface area contributed by atoms with Gasteiger partial charge in [-0.15, -0.1) is 0 Å². The third-order valence-electron chi connectivity index (χ3n) is 3.38. The normalized spacial score (nSPS) is 12.8. The summed E-state index contributed by atoms with van der Waals surface area (Å²) in [5.41, 5.74) is 3.13. The highest BCUT2D eigenvalue weighted by molar-refractivity contribution is 6.31. The van der Waals surface area contributed by atoms with Crippen LogP contribution in [0, 0.1) is 11.3 Å². The number of nitrogens with zero attached hydrogens (tertiary/aromatic N) is 1. The Hall–Kier alpha value is -1.98. The first-order chi connectivity index (χ1) is 9.28. The Balaban J connectivity index is 1.94. The van der Waals surface area contributed by atoms with Gasteiger partial charge < -0.3 is 4.74 Å². The topological polar surface area (TPSA) is 33.0 Å². The standard InChI is InChI=1S/C16H12ClNO/c17-15-5-2-6-16(14(15)10-18)19-13-8-7-11-3-1-4-12(11)9-13/h2,5-9H,1,3-4H2. The summed E-state index contributed by atoms with van der Waals surface area (Å²) >= 11 is 5.99. The number of ether oxygens (including phenoxy) is 1. The minimum Gasteiger partial charge on any atom is -0.456 e. The summed E-state index contributed by atoms with van der Waals surface area (Å²) < 4.78 is 5.80. The first-order valence-electron chi connectivity index (χ1n) is 6.26. The lowest BCUT2D eigenvalue weighted by molar-refractivity contribution is 0.480. The van der Waals surface area contributed by atoms with Gasteiger partial charge in [0.05, 0.1) is 5.02 Å². The fourth-order valence-corrected chi connectivity index (χ4v) is 2.64. The van der Waals surface area contributed by atoms with Crippen LogP contribution >= 0.6 is 11.6 Å². The van der Waals surface area contributed by atoms with Crippen molar-refractivity contribution in [2.45, 2.75) is 19.3 Å². The van der Waals surface area contributed by atoms with E-state index in [1.807, 2.05) is 6.07 Å². The predicted octanol–water partition coefficient (Wildman–Crippen LogP) is 4.49. The van der Waals surface area contributed by atoms with E-state index in [0.717, 1.165) is 18.6 Å². The van der Waals surface area contributed by atoms with Crippen LogP contribution in [0.3, 0.4) is 0 Å². The average Bonchev–Trinajstić information content (AvgIpc) is 2.86. The van der Waals surface area contributed by atoms with Gasteiger partial charge in [0.15, 0.2) is 0 Å². The average molecular weight is 270 g/mol. The quantitative estimate of drug-likeness (QED) is 0.804. The molecule has 0 N–H and O–H groups in total. The van der Waals surface area contributed by atoms with Crippen LogP contribution in [-0.4, -0.2) is 0 Å². The van der Waals surface area contributed by atoms with Crippen molar-refractivity contribution in [3.8, 4) is 17.6 Å². The molecule has 0 amide bonds. The molecule has 0 bridgehead atoms. The van der Waals surface area contributed by atoms with Gasteiger partial charge in [0.2, 0.25) is 0 Å². The SMILES string of the molecule is N#Cc1c(Cl)cccc1Oc1ccc2c(c1)CCC2. The highest BCUT2D eigenvalue weighted by Crippen LogP contribution is 2.32. The summed E-state index contributed by atoms with van der Waals surface area (Å²) in [6, 6.07) is 13.4. The number of halogens is 1. The molecule has 2 aromatic rings. The molecule has 0 aliphatic heterocycles. The highest BCUT2D eigenvalue weighted by Gasteiger charge is 2.13. The molecule has 1 aliphatic carbocycles. The highest BCUT2D eigenvalue weighted by atomic mass is 35.5. The Morgan fingerprint density at radius 1 is 1.11 bits per heavy atom. The first kappa shape index (κ1) is 12.1. The lowest BCUT2D eigenvalue weighted by Crippen LogP contribution is -1.90. The van der Waals surface area contributed by atoms with Gasteiger partial charge in [-0.25, -0.2) is 0 Å². The lowest BCUT2D eigenvalue weighted by Gasteiger charge is -2.09. The molecule has 1 aliphatic rings. The van der Waals surface area contributed by atoms with Crippen molar-refractivity contribution >= 4 is 11.6 Å². The molecule has 94 valence electrons. The molecule has 0 unspecified atom stereocenters. The third kappa shape index (κ3) is 2.30. The molecule has 2 nitrogen and oxygen atoms in total. The summed E-state index contributed by atoms with van der Waals surface area (Å²) in [4.78, 5) is 0. The second-order valence-corrected chi connectivity index (χ2v) is 5.02. The minimum absolute atomic E-state index is 0.379. The predicted molar refractivity (Wildman–Crippen MR) is 74.7 cm³/mol. The third-order valence-corrected chi connectivity index (χ3v) is 3.70. The van der Waals surface area contributed by atoms with E-state index in [2.05, 4.69) is 18.2 Å². The van der Waals surface area contributed by atoms with Gasteiger partial charge in [0.1, 0.15) is 23.1 Å². The van der Waals surface area contributed by atoms with Crippen LogP contribution in [0.1, 0.15) is 23.1 Å². The van der Waals surface area contributed by atoms with Crippen molar-refractivity contribution in [2.75, 3.05) is 0 Å². The molecule has 19 heavy (non-hydrogen) atoms. The molecule has 0 radical (unpaired) electrons. The molecular weight excluding hydrogens is 258 g/mol. The monoisotopic (exact) mass is 269 g/mol. The van der Waals surface area contributed by atoms with E-state index in [1.54, 1.807) is 18.2 Å². The van der Waals surface area contributed by atoms with Gasteiger partial charge in [0.25, 0.3) is 0 Å². The van der Waals surface area contributed by atoms with E-state index < -0.39 is 0 Å². The second-order valence-electron chi connectivity index (χ2n) is 4.61. The van der Waals surface area contributed by atoms with Crippen molar-refractivity contribution < 1.29 is 4.74 Å². The van der Waals surface area contributed by atoms with Crippen molar-refractivity contribution in [1.82, 2.24) is 0 Å². The smallest absolute Gasteiger partial charge is 0.146 e. The maximum atomic E-state index is 9.12. The zero-order valence-electron chi connectivity index (χ0n) is 10.3. The van der Waals surface area contributed by atoms with Crippen molar-refractivity contribution in [3.63, 3.8) is 0 Å². The number of benzene rings is 2. The molecular formula is C16H12ClNO. The molecule has 0 fully saturated rings. The number of hydrogen-bond donors (Lipinski definition) is 0. The maximum Gasteiger partial charge on any atom is 0.146 e.